The van der Waals surface area contributed by atoms with Crippen LogP contribution in [-0.2, 0) is 4.74 Å². The molecule has 1 aliphatic carbocycles. The normalized spacial score (nSPS) is 22.3. The molecule has 0 aromatic rings. The Morgan fingerprint density at radius 1 is 1.22 bits per heavy atom. The van der Waals surface area contributed by atoms with E-state index in [4.69, 9.17) is 4.74 Å². The molecular weight excluding hydrogens is 403 g/mol. The highest BCUT2D eigenvalue weighted by Crippen LogP contribution is 2.31. The van der Waals surface area contributed by atoms with Crippen LogP contribution in [0.3, 0.4) is 0 Å². The van der Waals surface area contributed by atoms with E-state index in [9.17, 15) is 0 Å². The van der Waals surface area contributed by atoms with Gasteiger partial charge in [0.1, 0.15) is 0 Å². The Labute approximate surface area is 159 Å². The SMILES string of the molecule is CN=C(NCCOCCC(C)C)NCC1CCN(C2CC2)C1.I. The molecule has 136 valence electrons. The van der Waals surface area contributed by atoms with E-state index >= 15 is 0 Å². The molecule has 2 fully saturated rings. The van der Waals surface area contributed by atoms with Gasteiger partial charge < -0.3 is 20.3 Å². The Hall–Kier alpha value is -0.0800. The number of aliphatic imine (C=N–C) groups is 1. The van der Waals surface area contributed by atoms with Crippen LogP contribution in [0.25, 0.3) is 0 Å². The Morgan fingerprint density at radius 3 is 2.65 bits per heavy atom. The molecule has 0 spiro atoms. The molecule has 1 unspecified atom stereocenters. The minimum absolute atomic E-state index is 0. The lowest BCUT2D eigenvalue weighted by Crippen LogP contribution is -2.41. The van der Waals surface area contributed by atoms with Crippen molar-refractivity contribution in [3.8, 4) is 0 Å². The molecule has 2 rings (SSSR count). The van der Waals surface area contributed by atoms with E-state index in [-0.39, 0.29) is 24.0 Å². The van der Waals surface area contributed by atoms with Crippen molar-refractivity contribution in [2.75, 3.05) is 46.4 Å². The zero-order valence-corrected chi connectivity index (χ0v) is 17.3. The molecule has 0 amide bonds. The number of ether oxygens (including phenoxy) is 1. The van der Waals surface area contributed by atoms with Gasteiger partial charge in [-0.3, -0.25) is 4.99 Å². The van der Waals surface area contributed by atoms with Crippen molar-refractivity contribution in [3.63, 3.8) is 0 Å². The number of hydrogen-bond donors (Lipinski definition) is 2. The van der Waals surface area contributed by atoms with Gasteiger partial charge in [-0.05, 0) is 44.1 Å². The maximum Gasteiger partial charge on any atom is 0.191 e. The zero-order valence-electron chi connectivity index (χ0n) is 15.0. The molecular formula is C17H35IN4O. The monoisotopic (exact) mass is 438 g/mol. The summed E-state index contributed by atoms with van der Waals surface area (Å²) in [6, 6.07) is 0.908. The molecule has 5 nitrogen and oxygen atoms in total. The van der Waals surface area contributed by atoms with Crippen LogP contribution in [0.4, 0.5) is 0 Å². The van der Waals surface area contributed by atoms with E-state index in [2.05, 4.69) is 34.4 Å². The smallest absolute Gasteiger partial charge is 0.191 e. The van der Waals surface area contributed by atoms with Gasteiger partial charge in [-0.2, -0.15) is 0 Å². The fourth-order valence-corrected chi connectivity index (χ4v) is 2.92. The number of nitrogens with one attached hydrogen (secondary N) is 2. The number of likely N-dealkylation sites (tertiary alicyclic amines) is 1. The highest BCUT2D eigenvalue weighted by molar-refractivity contribution is 14.0. The third-order valence-electron chi connectivity index (χ3n) is 4.54. The van der Waals surface area contributed by atoms with Gasteiger partial charge in [0.15, 0.2) is 5.96 Å². The Morgan fingerprint density at radius 2 is 2.00 bits per heavy atom. The van der Waals surface area contributed by atoms with Crippen LogP contribution in [0.2, 0.25) is 0 Å². The summed E-state index contributed by atoms with van der Waals surface area (Å²) >= 11 is 0. The second kappa shape index (κ2) is 11.5. The second-order valence-corrected chi connectivity index (χ2v) is 7.06. The topological polar surface area (TPSA) is 48.9 Å². The molecule has 1 atom stereocenters. The summed E-state index contributed by atoms with van der Waals surface area (Å²) in [4.78, 5) is 6.94. The predicted octanol–water partition coefficient (Wildman–Crippen LogP) is 2.32. The number of nitrogens with zero attached hydrogens (tertiary/aromatic N) is 2. The first-order valence-electron chi connectivity index (χ1n) is 8.95. The average Bonchev–Trinajstić information content (AvgIpc) is 3.24. The highest BCUT2D eigenvalue weighted by atomic mass is 127. The first-order valence-corrected chi connectivity index (χ1v) is 8.95. The summed E-state index contributed by atoms with van der Waals surface area (Å²) in [5.41, 5.74) is 0. The van der Waals surface area contributed by atoms with Gasteiger partial charge in [0, 0.05) is 39.3 Å². The summed E-state index contributed by atoms with van der Waals surface area (Å²) in [6.45, 7) is 10.4. The third kappa shape index (κ3) is 8.54. The summed E-state index contributed by atoms with van der Waals surface area (Å²) in [5, 5.41) is 6.79. The Kier molecular flexibility index (Phi) is 10.5. The minimum Gasteiger partial charge on any atom is -0.380 e. The first kappa shape index (κ1) is 21.0. The van der Waals surface area contributed by atoms with Crippen LogP contribution in [0.5, 0.6) is 0 Å². The van der Waals surface area contributed by atoms with Crippen molar-refractivity contribution in [1.82, 2.24) is 15.5 Å². The maximum atomic E-state index is 5.61. The lowest BCUT2D eigenvalue weighted by molar-refractivity contribution is 0.128. The van der Waals surface area contributed by atoms with Crippen molar-refractivity contribution in [1.29, 1.82) is 0 Å². The highest BCUT2D eigenvalue weighted by Gasteiger charge is 2.34. The van der Waals surface area contributed by atoms with E-state index in [1.165, 1.54) is 32.4 Å². The lowest BCUT2D eigenvalue weighted by atomic mass is 10.1. The van der Waals surface area contributed by atoms with Crippen LogP contribution in [0.1, 0.15) is 39.5 Å². The molecule has 0 aromatic carbocycles. The molecule has 2 aliphatic rings. The molecule has 1 aliphatic heterocycles. The van der Waals surface area contributed by atoms with Gasteiger partial charge in [0.05, 0.1) is 6.61 Å². The third-order valence-corrected chi connectivity index (χ3v) is 4.54. The quantitative estimate of drug-likeness (QED) is 0.251. The molecule has 23 heavy (non-hydrogen) atoms. The van der Waals surface area contributed by atoms with E-state index in [0.717, 1.165) is 50.6 Å². The van der Waals surface area contributed by atoms with Crippen LogP contribution in [0, 0.1) is 11.8 Å². The van der Waals surface area contributed by atoms with Crippen molar-refractivity contribution in [2.24, 2.45) is 16.8 Å². The van der Waals surface area contributed by atoms with Crippen LogP contribution < -0.4 is 10.6 Å². The van der Waals surface area contributed by atoms with E-state index < -0.39 is 0 Å². The number of halogens is 1. The largest absolute Gasteiger partial charge is 0.380 e. The molecule has 2 N–H and O–H groups in total. The zero-order chi connectivity index (χ0) is 15.8. The first-order chi connectivity index (χ1) is 10.7. The lowest BCUT2D eigenvalue weighted by Gasteiger charge is -2.17. The van der Waals surface area contributed by atoms with Crippen LogP contribution in [-0.4, -0.2) is 63.3 Å². The van der Waals surface area contributed by atoms with E-state index in [1.54, 1.807) is 0 Å². The van der Waals surface area contributed by atoms with Crippen LogP contribution in [0.15, 0.2) is 4.99 Å². The predicted molar refractivity (Wildman–Crippen MR) is 108 cm³/mol. The standard InChI is InChI=1S/C17H34N4O.HI/c1-14(2)7-10-22-11-8-19-17(18-3)20-12-15-6-9-21(13-15)16-4-5-16;/h14-16H,4-13H2,1-3H3,(H2,18,19,20);1H. The van der Waals surface area contributed by atoms with Crippen molar-refractivity contribution >= 4 is 29.9 Å². The Balaban J connectivity index is 0.00000264. The number of rotatable bonds is 9. The van der Waals surface area contributed by atoms with E-state index in [1.807, 2.05) is 7.05 Å². The maximum absolute atomic E-state index is 5.61. The number of guanidine groups is 1. The fourth-order valence-electron chi connectivity index (χ4n) is 2.92. The van der Waals surface area contributed by atoms with Crippen molar-refractivity contribution in [2.45, 2.75) is 45.6 Å². The second-order valence-electron chi connectivity index (χ2n) is 7.06. The summed E-state index contributed by atoms with van der Waals surface area (Å²) < 4.78 is 5.61. The Bertz CT molecular complexity index is 347. The molecule has 0 aromatic heterocycles. The molecule has 0 radical (unpaired) electrons. The van der Waals surface area contributed by atoms with Gasteiger partial charge in [-0.15, -0.1) is 24.0 Å². The molecule has 1 heterocycles. The van der Waals surface area contributed by atoms with Gasteiger partial charge in [0.2, 0.25) is 0 Å². The van der Waals surface area contributed by atoms with Crippen LogP contribution >= 0.6 is 24.0 Å². The average molecular weight is 438 g/mol. The molecule has 1 saturated heterocycles. The van der Waals surface area contributed by atoms with Gasteiger partial charge >= 0.3 is 0 Å². The minimum atomic E-state index is 0. The van der Waals surface area contributed by atoms with E-state index in [0.29, 0.717) is 5.92 Å². The van der Waals surface area contributed by atoms with Crippen molar-refractivity contribution in [3.05, 3.63) is 0 Å². The van der Waals surface area contributed by atoms with Gasteiger partial charge in [0.25, 0.3) is 0 Å². The molecule has 0 bridgehead atoms. The molecule has 1 saturated carbocycles. The van der Waals surface area contributed by atoms with Crippen molar-refractivity contribution < 1.29 is 4.74 Å². The summed E-state index contributed by atoms with van der Waals surface area (Å²) in [5.74, 6) is 2.38. The van der Waals surface area contributed by atoms with Gasteiger partial charge in [-0.25, -0.2) is 0 Å². The summed E-state index contributed by atoms with van der Waals surface area (Å²) in [6.07, 6.45) is 5.28. The number of hydrogen-bond acceptors (Lipinski definition) is 3. The summed E-state index contributed by atoms with van der Waals surface area (Å²) in [7, 11) is 1.83. The van der Waals surface area contributed by atoms with Gasteiger partial charge in [-0.1, -0.05) is 13.8 Å². The fraction of sp³-hybridized carbons (Fsp3) is 0.941. The molecule has 6 heteroatoms.